The molecule has 0 amide bonds. The van der Waals surface area contributed by atoms with Crippen LogP contribution >= 0.6 is 27.7 Å². The lowest BCUT2D eigenvalue weighted by Gasteiger charge is -2.07. The Balaban J connectivity index is 1.70. The minimum absolute atomic E-state index is 0.122. The number of carbonyl (C=O) groups is 1. The number of thioether (sulfide) groups is 1. The van der Waals surface area contributed by atoms with Crippen LogP contribution < -0.4 is 0 Å². The molecule has 3 aromatic rings. The molecule has 0 bridgehead atoms. The standard InChI is InChI=1S/C17H12BrFN2O2S/c1-10(15(22)11-4-8-14(19)9-5-11)24-17-21-20-16(23-17)12-2-6-13(18)7-3-12/h2-10H,1H3. The number of ketones is 1. The van der Waals surface area contributed by atoms with Gasteiger partial charge in [0.25, 0.3) is 5.22 Å². The molecule has 1 atom stereocenters. The summed E-state index contributed by atoms with van der Waals surface area (Å²) in [5.74, 6) is -0.0993. The van der Waals surface area contributed by atoms with Gasteiger partial charge in [0.15, 0.2) is 5.78 Å². The van der Waals surface area contributed by atoms with Crippen LogP contribution in [0.2, 0.25) is 0 Å². The van der Waals surface area contributed by atoms with Crippen molar-refractivity contribution in [1.82, 2.24) is 10.2 Å². The second kappa shape index (κ2) is 7.27. The van der Waals surface area contributed by atoms with E-state index >= 15 is 0 Å². The quantitative estimate of drug-likeness (QED) is 0.440. The lowest BCUT2D eigenvalue weighted by molar-refractivity contribution is 0.0993. The molecular weight excluding hydrogens is 395 g/mol. The van der Waals surface area contributed by atoms with E-state index in [1.165, 1.54) is 36.0 Å². The lowest BCUT2D eigenvalue weighted by Crippen LogP contribution is -2.13. The highest BCUT2D eigenvalue weighted by molar-refractivity contribution is 9.10. The van der Waals surface area contributed by atoms with Crippen molar-refractivity contribution in [1.29, 1.82) is 0 Å². The van der Waals surface area contributed by atoms with Gasteiger partial charge in [-0.25, -0.2) is 4.39 Å². The normalized spacial score (nSPS) is 12.1. The second-order valence-electron chi connectivity index (χ2n) is 5.01. The average molecular weight is 407 g/mol. The average Bonchev–Trinajstić information content (AvgIpc) is 3.04. The summed E-state index contributed by atoms with van der Waals surface area (Å²) in [5, 5.41) is 7.86. The van der Waals surface area contributed by atoms with Crippen molar-refractivity contribution < 1.29 is 13.6 Å². The highest BCUT2D eigenvalue weighted by Gasteiger charge is 2.20. The number of hydrogen-bond donors (Lipinski definition) is 0. The van der Waals surface area contributed by atoms with Crippen molar-refractivity contribution in [2.24, 2.45) is 0 Å². The molecule has 1 heterocycles. The molecule has 0 saturated carbocycles. The molecule has 0 spiro atoms. The first-order valence-electron chi connectivity index (χ1n) is 7.09. The van der Waals surface area contributed by atoms with Gasteiger partial charge in [-0.3, -0.25) is 4.79 Å². The molecule has 3 rings (SSSR count). The van der Waals surface area contributed by atoms with Crippen LogP contribution in [0.4, 0.5) is 4.39 Å². The maximum atomic E-state index is 12.9. The minimum atomic E-state index is -0.423. The van der Waals surface area contributed by atoms with Crippen LogP contribution in [0.1, 0.15) is 17.3 Å². The Kier molecular flexibility index (Phi) is 5.11. The first kappa shape index (κ1) is 16.9. The smallest absolute Gasteiger partial charge is 0.277 e. The van der Waals surface area contributed by atoms with E-state index in [1.54, 1.807) is 6.92 Å². The fourth-order valence-electron chi connectivity index (χ4n) is 2.02. The predicted molar refractivity (Wildman–Crippen MR) is 93.5 cm³/mol. The number of hydrogen-bond acceptors (Lipinski definition) is 5. The molecule has 0 aliphatic heterocycles. The van der Waals surface area contributed by atoms with Gasteiger partial charge in [-0.2, -0.15) is 0 Å². The third kappa shape index (κ3) is 3.91. The molecule has 0 saturated heterocycles. The summed E-state index contributed by atoms with van der Waals surface area (Å²) in [6.45, 7) is 1.75. The third-order valence-corrected chi connectivity index (χ3v) is 4.74. The molecule has 4 nitrogen and oxygen atoms in total. The van der Waals surface area contributed by atoms with Gasteiger partial charge in [-0.05, 0) is 55.5 Å². The van der Waals surface area contributed by atoms with Crippen LogP contribution in [0.25, 0.3) is 11.5 Å². The van der Waals surface area contributed by atoms with Crippen molar-refractivity contribution in [2.45, 2.75) is 17.4 Å². The van der Waals surface area contributed by atoms with Crippen LogP contribution in [0.3, 0.4) is 0 Å². The lowest BCUT2D eigenvalue weighted by atomic mass is 10.1. The number of carbonyl (C=O) groups excluding carboxylic acids is 1. The Bertz CT molecular complexity index is 850. The zero-order chi connectivity index (χ0) is 17.1. The molecule has 2 aromatic carbocycles. The summed E-state index contributed by atoms with van der Waals surface area (Å²) in [6.07, 6.45) is 0. The van der Waals surface area contributed by atoms with Gasteiger partial charge in [0.1, 0.15) is 5.82 Å². The van der Waals surface area contributed by atoms with Crippen molar-refractivity contribution in [3.8, 4) is 11.5 Å². The zero-order valence-corrected chi connectivity index (χ0v) is 15.0. The van der Waals surface area contributed by atoms with Gasteiger partial charge in [0, 0.05) is 15.6 Å². The summed E-state index contributed by atoms with van der Waals surface area (Å²) in [6, 6.07) is 13.0. The van der Waals surface area contributed by atoms with Crippen LogP contribution in [0.5, 0.6) is 0 Å². The molecule has 1 aromatic heterocycles. The van der Waals surface area contributed by atoms with E-state index < -0.39 is 5.25 Å². The van der Waals surface area contributed by atoms with Crippen LogP contribution in [0.15, 0.2) is 62.6 Å². The topological polar surface area (TPSA) is 56.0 Å². The number of Topliss-reactive ketones (excluding diaryl/α,β-unsaturated/α-hetero) is 1. The van der Waals surface area contributed by atoms with E-state index in [4.69, 9.17) is 4.42 Å². The first-order valence-corrected chi connectivity index (χ1v) is 8.76. The maximum absolute atomic E-state index is 12.9. The maximum Gasteiger partial charge on any atom is 0.277 e. The van der Waals surface area contributed by atoms with E-state index in [0.29, 0.717) is 16.7 Å². The van der Waals surface area contributed by atoms with Crippen molar-refractivity contribution >= 4 is 33.5 Å². The van der Waals surface area contributed by atoms with Gasteiger partial charge in [0.05, 0.1) is 5.25 Å². The van der Waals surface area contributed by atoms with Crippen molar-refractivity contribution in [3.63, 3.8) is 0 Å². The number of halogens is 2. The van der Waals surface area contributed by atoms with Crippen LogP contribution in [0, 0.1) is 5.82 Å². The van der Waals surface area contributed by atoms with E-state index in [0.717, 1.165) is 10.0 Å². The molecule has 0 radical (unpaired) electrons. The minimum Gasteiger partial charge on any atom is -0.411 e. The highest BCUT2D eigenvalue weighted by atomic mass is 79.9. The number of rotatable bonds is 5. The number of nitrogens with zero attached hydrogens (tertiary/aromatic N) is 2. The Hall–Kier alpha value is -1.99. The van der Waals surface area contributed by atoms with E-state index in [2.05, 4.69) is 26.1 Å². The monoisotopic (exact) mass is 406 g/mol. The molecule has 122 valence electrons. The SMILES string of the molecule is CC(Sc1nnc(-c2ccc(Br)cc2)o1)C(=O)c1ccc(F)cc1. The number of aromatic nitrogens is 2. The van der Waals surface area contributed by atoms with Gasteiger partial charge < -0.3 is 4.42 Å². The molecule has 24 heavy (non-hydrogen) atoms. The molecule has 0 aliphatic rings. The fourth-order valence-corrected chi connectivity index (χ4v) is 3.05. The molecular formula is C17H12BrFN2O2S. The van der Waals surface area contributed by atoms with Gasteiger partial charge in [-0.15, -0.1) is 10.2 Å². The summed E-state index contributed by atoms with van der Waals surface area (Å²) in [5.41, 5.74) is 1.25. The van der Waals surface area contributed by atoms with E-state index in [-0.39, 0.29) is 11.6 Å². The summed E-state index contributed by atoms with van der Waals surface area (Å²) < 4.78 is 19.5. The Labute approximate surface area is 150 Å². The largest absolute Gasteiger partial charge is 0.411 e. The second-order valence-corrected chi connectivity index (χ2v) is 7.22. The fraction of sp³-hybridized carbons (Fsp3) is 0.118. The van der Waals surface area contributed by atoms with Gasteiger partial charge in [-0.1, -0.05) is 27.7 Å². The zero-order valence-electron chi connectivity index (χ0n) is 12.6. The predicted octanol–water partition coefficient (Wildman–Crippen LogP) is 5.00. The Morgan fingerprint density at radius 2 is 1.79 bits per heavy atom. The summed E-state index contributed by atoms with van der Waals surface area (Å²) >= 11 is 4.54. The Morgan fingerprint density at radius 1 is 1.12 bits per heavy atom. The number of benzene rings is 2. The van der Waals surface area contributed by atoms with Crippen LogP contribution in [-0.4, -0.2) is 21.2 Å². The Morgan fingerprint density at radius 3 is 2.46 bits per heavy atom. The molecule has 7 heteroatoms. The molecule has 0 fully saturated rings. The molecule has 0 N–H and O–H groups in total. The third-order valence-electron chi connectivity index (χ3n) is 3.27. The van der Waals surface area contributed by atoms with Gasteiger partial charge in [0.2, 0.25) is 5.89 Å². The van der Waals surface area contributed by atoms with Crippen LogP contribution in [-0.2, 0) is 0 Å². The van der Waals surface area contributed by atoms with E-state index in [1.807, 2.05) is 24.3 Å². The van der Waals surface area contributed by atoms with E-state index in [9.17, 15) is 9.18 Å². The van der Waals surface area contributed by atoms with Gasteiger partial charge >= 0.3 is 0 Å². The summed E-state index contributed by atoms with van der Waals surface area (Å²) in [4.78, 5) is 12.3. The molecule has 0 aliphatic carbocycles. The first-order chi connectivity index (χ1) is 11.5. The van der Waals surface area contributed by atoms with Crippen molar-refractivity contribution in [3.05, 3.63) is 64.4 Å². The molecule has 1 unspecified atom stereocenters. The van der Waals surface area contributed by atoms with Crippen molar-refractivity contribution in [2.75, 3.05) is 0 Å². The summed E-state index contributed by atoms with van der Waals surface area (Å²) in [7, 11) is 0. The highest BCUT2D eigenvalue weighted by Crippen LogP contribution is 2.28.